The summed E-state index contributed by atoms with van der Waals surface area (Å²) in [6, 6.07) is 4.56. The number of carbonyl (C=O) groups is 1. The van der Waals surface area contributed by atoms with Crippen molar-refractivity contribution < 1.29 is 19.2 Å². The van der Waals surface area contributed by atoms with Gasteiger partial charge in [0.2, 0.25) is 5.60 Å². The molecule has 0 aliphatic carbocycles. The Morgan fingerprint density at radius 1 is 1.42 bits per heavy atom. The first kappa shape index (κ1) is 14.9. The molecule has 0 N–H and O–H groups in total. The lowest BCUT2D eigenvalue weighted by molar-refractivity contribution is -0.386. The van der Waals surface area contributed by atoms with Gasteiger partial charge in [-0.2, -0.15) is 0 Å². The quantitative estimate of drug-likeness (QED) is 0.465. The molecule has 6 nitrogen and oxygen atoms in total. The van der Waals surface area contributed by atoms with E-state index in [1.54, 1.807) is 19.9 Å². The first-order chi connectivity index (χ1) is 8.77. The molecule has 0 spiro atoms. The highest BCUT2D eigenvalue weighted by Gasteiger charge is 2.33. The van der Waals surface area contributed by atoms with Crippen molar-refractivity contribution in [3.05, 3.63) is 33.9 Å². The van der Waals surface area contributed by atoms with Crippen molar-refractivity contribution in [2.45, 2.75) is 33.3 Å². The van der Waals surface area contributed by atoms with Gasteiger partial charge in [-0.1, -0.05) is 6.07 Å². The smallest absolute Gasteiger partial charge is 0.349 e. The number of hydrogen-bond acceptors (Lipinski definition) is 5. The van der Waals surface area contributed by atoms with E-state index in [1.165, 1.54) is 26.0 Å². The highest BCUT2D eigenvalue weighted by atomic mass is 16.6. The van der Waals surface area contributed by atoms with Crippen LogP contribution in [-0.4, -0.2) is 23.1 Å². The van der Waals surface area contributed by atoms with E-state index in [1.807, 2.05) is 0 Å². The number of ether oxygens (including phenoxy) is 2. The van der Waals surface area contributed by atoms with Gasteiger partial charge in [-0.05, 0) is 39.3 Å². The van der Waals surface area contributed by atoms with Crippen LogP contribution in [-0.2, 0) is 9.53 Å². The van der Waals surface area contributed by atoms with Crippen LogP contribution in [0.1, 0.15) is 26.3 Å². The van der Waals surface area contributed by atoms with Gasteiger partial charge in [-0.15, -0.1) is 0 Å². The summed E-state index contributed by atoms with van der Waals surface area (Å²) in [6.45, 7) is 6.67. The van der Waals surface area contributed by atoms with Crippen LogP contribution in [0.5, 0.6) is 5.75 Å². The first-order valence-electron chi connectivity index (χ1n) is 5.89. The molecule has 0 aliphatic heterocycles. The third kappa shape index (κ3) is 3.67. The summed E-state index contributed by atoms with van der Waals surface area (Å²) in [7, 11) is 0. The minimum atomic E-state index is -1.28. The van der Waals surface area contributed by atoms with Crippen LogP contribution in [0.3, 0.4) is 0 Å². The molecule has 0 unspecified atom stereocenters. The SMILES string of the molecule is CCOC(=O)C(C)(C)Oc1ccc(C)cc1[N+](=O)[O-]. The summed E-state index contributed by atoms with van der Waals surface area (Å²) < 4.78 is 10.3. The van der Waals surface area contributed by atoms with Gasteiger partial charge in [0, 0.05) is 6.07 Å². The van der Waals surface area contributed by atoms with Crippen molar-refractivity contribution in [2.24, 2.45) is 0 Å². The molecule has 1 aromatic rings. The molecule has 0 atom stereocenters. The summed E-state index contributed by atoms with van der Waals surface area (Å²) >= 11 is 0. The van der Waals surface area contributed by atoms with E-state index in [9.17, 15) is 14.9 Å². The summed E-state index contributed by atoms with van der Waals surface area (Å²) in [6.07, 6.45) is 0. The Hall–Kier alpha value is -2.11. The van der Waals surface area contributed by atoms with Crippen LogP contribution in [0.4, 0.5) is 5.69 Å². The number of rotatable bonds is 5. The van der Waals surface area contributed by atoms with E-state index in [2.05, 4.69) is 0 Å². The fourth-order valence-corrected chi connectivity index (χ4v) is 1.48. The molecule has 0 saturated heterocycles. The van der Waals surface area contributed by atoms with Gasteiger partial charge in [0.1, 0.15) is 0 Å². The monoisotopic (exact) mass is 267 g/mol. The number of hydrogen-bond donors (Lipinski definition) is 0. The first-order valence-corrected chi connectivity index (χ1v) is 5.89. The zero-order valence-corrected chi connectivity index (χ0v) is 11.4. The van der Waals surface area contributed by atoms with Gasteiger partial charge in [-0.25, -0.2) is 4.79 Å². The number of benzene rings is 1. The van der Waals surface area contributed by atoms with Crippen molar-refractivity contribution in [3.8, 4) is 5.75 Å². The maximum Gasteiger partial charge on any atom is 0.349 e. The summed E-state index contributed by atoms with van der Waals surface area (Å²) in [5, 5.41) is 11.0. The van der Waals surface area contributed by atoms with Gasteiger partial charge in [0.05, 0.1) is 11.5 Å². The number of carbonyl (C=O) groups excluding carboxylic acids is 1. The number of nitrogens with zero attached hydrogens (tertiary/aromatic N) is 1. The normalized spacial score (nSPS) is 10.9. The minimum Gasteiger partial charge on any atom is -0.469 e. The van der Waals surface area contributed by atoms with Crippen molar-refractivity contribution in [1.82, 2.24) is 0 Å². The van der Waals surface area contributed by atoms with Crippen molar-refractivity contribution >= 4 is 11.7 Å². The van der Waals surface area contributed by atoms with Crippen LogP contribution < -0.4 is 4.74 Å². The maximum absolute atomic E-state index is 11.7. The Morgan fingerprint density at radius 3 is 2.58 bits per heavy atom. The highest BCUT2D eigenvalue weighted by molar-refractivity contribution is 5.79. The Balaban J connectivity index is 3.05. The molecule has 0 radical (unpaired) electrons. The van der Waals surface area contributed by atoms with Crippen LogP contribution in [0.15, 0.2) is 18.2 Å². The molecule has 0 heterocycles. The van der Waals surface area contributed by atoms with Crippen LogP contribution in [0.2, 0.25) is 0 Å². The second-order valence-corrected chi connectivity index (χ2v) is 4.56. The van der Waals surface area contributed by atoms with Gasteiger partial charge in [0.25, 0.3) is 0 Å². The van der Waals surface area contributed by atoms with Crippen LogP contribution >= 0.6 is 0 Å². The fraction of sp³-hybridized carbons (Fsp3) is 0.462. The summed E-state index contributed by atoms with van der Waals surface area (Å²) in [5.74, 6) is -0.515. The fourth-order valence-electron chi connectivity index (χ4n) is 1.48. The van der Waals surface area contributed by atoms with E-state index < -0.39 is 16.5 Å². The molecule has 6 heteroatoms. The predicted octanol–water partition coefficient (Wildman–Crippen LogP) is 2.62. The van der Waals surface area contributed by atoms with E-state index >= 15 is 0 Å². The average molecular weight is 267 g/mol. The number of aryl methyl sites for hydroxylation is 1. The zero-order valence-electron chi connectivity index (χ0n) is 11.4. The lowest BCUT2D eigenvalue weighted by atomic mass is 10.1. The number of esters is 1. The molecule has 0 aromatic heterocycles. The number of nitro groups is 1. The van der Waals surface area contributed by atoms with Crippen molar-refractivity contribution in [2.75, 3.05) is 6.61 Å². The van der Waals surface area contributed by atoms with E-state index in [4.69, 9.17) is 9.47 Å². The zero-order chi connectivity index (χ0) is 14.6. The summed E-state index contributed by atoms with van der Waals surface area (Å²) in [4.78, 5) is 22.1. The standard InChI is InChI=1S/C13H17NO5/c1-5-18-12(15)13(3,4)19-11-7-6-9(2)8-10(11)14(16)17/h6-8H,5H2,1-4H3. The largest absolute Gasteiger partial charge is 0.469 e. The Labute approximate surface area is 111 Å². The molecule has 0 bridgehead atoms. The molecule has 104 valence electrons. The molecule has 1 rings (SSSR count). The molecule has 1 aromatic carbocycles. The maximum atomic E-state index is 11.7. The molecule has 0 saturated carbocycles. The Bertz CT molecular complexity index is 496. The second kappa shape index (κ2) is 5.69. The third-order valence-corrected chi connectivity index (χ3v) is 2.44. The Kier molecular flexibility index (Phi) is 4.47. The van der Waals surface area contributed by atoms with Crippen LogP contribution in [0.25, 0.3) is 0 Å². The molecular formula is C13H17NO5. The second-order valence-electron chi connectivity index (χ2n) is 4.56. The van der Waals surface area contributed by atoms with Gasteiger partial charge in [0.15, 0.2) is 5.75 Å². The molecule has 0 amide bonds. The van der Waals surface area contributed by atoms with E-state index in [-0.39, 0.29) is 18.0 Å². The molecule has 0 aliphatic rings. The van der Waals surface area contributed by atoms with E-state index in [0.717, 1.165) is 5.56 Å². The molecule has 19 heavy (non-hydrogen) atoms. The van der Waals surface area contributed by atoms with Gasteiger partial charge in [-0.3, -0.25) is 10.1 Å². The van der Waals surface area contributed by atoms with Gasteiger partial charge >= 0.3 is 11.7 Å². The van der Waals surface area contributed by atoms with Gasteiger partial charge < -0.3 is 9.47 Å². The number of nitro benzene ring substituents is 1. The third-order valence-electron chi connectivity index (χ3n) is 2.44. The topological polar surface area (TPSA) is 78.7 Å². The van der Waals surface area contributed by atoms with E-state index in [0.29, 0.717) is 0 Å². The molecule has 0 fully saturated rings. The molecular weight excluding hydrogens is 250 g/mol. The van der Waals surface area contributed by atoms with Crippen molar-refractivity contribution in [1.29, 1.82) is 0 Å². The lowest BCUT2D eigenvalue weighted by Crippen LogP contribution is -2.39. The lowest BCUT2D eigenvalue weighted by Gasteiger charge is -2.23. The summed E-state index contributed by atoms with van der Waals surface area (Å²) in [5.41, 5.74) is -0.707. The predicted molar refractivity (Wildman–Crippen MR) is 69.2 cm³/mol. The minimum absolute atomic E-state index is 0.0497. The van der Waals surface area contributed by atoms with Crippen LogP contribution in [0, 0.1) is 17.0 Å². The Morgan fingerprint density at radius 2 is 2.05 bits per heavy atom. The highest BCUT2D eigenvalue weighted by Crippen LogP contribution is 2.31. The van der Waals surface area contributed by atoms with Crippen molar-refractivity contribution in [3.63, 3.8) is 0 Å². The average Bonchev–Trinajstić information content (AvgIpc) is 2.31.